The molecule has 0 atom stereocenters. The molecule has 0 bridgehead atoms. The van der Waals surface area contributed by atoms with Gasteiger partial charge in [-0.2, -0.15) is 0 Å². The quantitative estimate of drug-likeness (QED) is 0.410. The third-order valence-corrected chi connectivity index (χ3v) is 4.37. The molecule has 3 aromatic rings. The molecule has 0 aliphatic carbocycles. The second-order valence-corrected chi connectivity index (χ2v) is 7.12. The van der Waals surface area contributed by atoms with E-state index in [1.807, 2.05) is 48.5 Å². The molecule has 1 aromatic carbocycles. The van der Waals surface area contributed by atoms with Crippen molar-refractivity contribution in [2.45, 2.75) is 13.8 Å². The number of rotatable bonds is 7. The Hall–Kier alpha value is -3.86. The number of carbonyl (C=O) groups is 1. The average Bonchev–Trinajstić information content (AvgIpc) is 2.77. The molecule has 150 valence electrons. The molecule has 0 spiro atoms. The van der Waals surface area contributed by atoms with Crippen LogP contribution in [-0.4, -0.2) is 22.1 Å². The molecular formula is C25H24N4O. The van der Waals surface area contributed by atoms with Crippen LogP contribution in [0.5, 0.6) is 0 Å². The van der Waals surface area contributed by atoms with Crippen molar-refractivity contribution in [3.05, 3.63) is 90.5 Å². The zero-order valence-corrected chi connectivity index (χ0v) is 17.0. The van der Waals surface area contributed by atoms with Crippen LogP contribution in [-0.2, 0) is 4.79 Å². The molecule has 0 saturated carbocycles. The minimum Gasteiger partial charge on any atom is -0.322 e. The molecule has 2 N–H and O–H groups in total. The third kappa shape index (κ3) is 5.58. The van der Waals surface area contributed by atoms with Gasteiger partial charge in [0, 0.05) is 53.9 Å². The number of pyridine rings is 2. The van der Waals surface area contributed by atoms with E-state index in [0.717, 1.165) is 27.8 Å². The van der Waals surface area contributed by atoms with Gasteiger partial charge in [-0.05, 0) is 53.0 Å². The molecule has 5 heteroatoms. The Morgan fingerprint density at radius 2 is 1.83 bits per heavy atom. The van der Waals surface area contributed by atoms with Crippen molar-refractivity contribution < 1.29 is 4.79 Å². The summed E-state index contributed by atoms with van der Waals surface area (Å²) < 4.78 is 0. The van der Waals surface area contributed by atoms with E-state index in [4.69, 9.17) is 5.41 Å². The Balaban J connectivity index is 1.77. The summed E-state index contributed by atoms with van der Waals surface area (Å²) in [6, 6.07) is 13.3. The molecule has 5 nitrogen and oxygen atoms in total. The van der Waals surface area contributed by atoms with Crippen molar-refractivity contribution in [3.8, 4) is 11.1 Å². The number of allylic oxidation sites excluding steroid dienone is 2. The molecule has 0 fully saturated rings. The molecule has 30 heavy (non-hydrogen) atoms. The van der Waals surface area contributed by atoms with E-state index in [0.29, 0.717) is 11.6 Å². The molecule has 2 aromatic heterocycles. The molecule has 1 amide bonds. The van der Waals surface area contributed by atoms with Gasteiger partial charge in [-0.15, -0.1) is 0 Å². The fourth-order valence-corrected chi connectivity index (χ4v) is 3.04. The summed E-state index contributed by atoms with van der Waals surface area (Å²) in [6.45, 7) is 4.13. The maximum Gasteiger partial charge on any atom is 0.248 e. The maximum atomic E-state index is 12.5. The molecular weight excluding hydrogens is 372 g/mol. The van der Waals surface area contributed by atoms with Crippen LogP contribution < -0.4 is 5.32 Å². The smallest absolute Gasteiger partial charge is 0.248 e. The molecule has 2 heterocycles. The van der Waals surface area contributed by atoms with Crippen LogP contribution in [0.4, 0.5) is 5.69 Å². The number of benzene rings is 1. The van der Waals surface area contributed by atoms with Crippen molar-refractivity contribution in [1.82, 2.24) is 9.97 Å². The Bertz CT molecular complexity index is 1090. The first kappa shape index (κ1) is 20.9. The van der Waals surface area contributed by atoms with Gasteiger partial charge >= 0.3 is 0 Å². The van der Waals surface area contributed by atoms with Gasteiger partial charge in [-0.25, -0.2) is 0 Å². The molecule has 0 aliphatic heterocycles. The lowest BCUT2D eigenvalue weighted by atomic mass is 9.99. The van der Waals surface area contributed by atoms with Gasteiger partial charge < -0.3 is 10.7 Å². The number of hydrogen-bond donors (Lipinski definition) is 2. The first-order chi connectivity index (χ1) is 14.6. The Morgan fingerprint density at radius 3 is 2.57 bits per heavy atom. The van der Waals surface area contributed by atoms with Gasteiger partial charge in [-0.1, -0.05) is 38.1 Å². The fraction of sp³-hybridized carbons (Fsp3) is 0.120. The van der Waals surface area contributed by atoms with Gasteiger partial charge in [0.05, 0.1) is 0 Å². The van der Waals surface area contributed by atoms with Crippen molar-refractivity contribution in [3.63, 3.8) is 0 Å². The van der Waals surface area contributed by atoms with Crippen LogP contribution in [0.1, 0.15) is 25.0 Å². The number of hydrogen-bond acceptors (Lipinski definition) is 4. The monoisotopic (exact) mass is 396 g/mol. The summed E-state index contributed by atoms with van der Waals surface area (Å²) in [6.07, 6.45) is 13.5. The lowest BCUT2D eigenvalue weighted by molar-refractivity contribution is -0.111. The Labute approximate surface area is 176 Å². The van der Waals surface area contributed by atoms with Crippen molar-refractivity contribution >= 4 is 29.5 Å². The largest absolute Gasteiger partial charge is 0.322 e. The first-order valence-corrected chi connectivity index (χ1v) is 9.73. The van der Waals surface area contributed by atoms with Gasteiger partial charge in [0.25, 0.3) is 0 Å². The van der Waals surface area contributed by atoms with E-state index in [-0.39, 0.29) is 5.91 Å². The zero-order valence-electron chi connectivity index (χ0n) is 17.0. The normalized spacial score (nSPS) is 11.6. The summed E-state index contributed by atoms with van der Waals surface area (Å²) in [5.74, 6) is 0.0689. The Kier molecular flexibility index (Phi) is 7.00. The Morgan fingerprint density at radius 1 is 1.03 bits per heavy atom. The van der Waals surface area contributed by atoms with Crippen LogP contribution in [0.2, 0.25) is 0 Å². The second kappa shape index (κ2) is 10.1. The highest BCUT2D eigenvalue weighted by atomic mass is 16.1. The van der Waals surface area contributed by atoms with Crippen molar-refractivity contribution in [2.75, 3.05) is 5.32 Å². The first-order valence-electron chi connectivity index (χ1n) is 9.73. The second-order valence-electron chi connectivity index (χ2n) is 7.12. The van der Waals surface area contributed by atoms with Crippen LogP contribution in [0.3, 0.4) is 0 Å². The minimum atomic E-state index is -0.239. The highest BCUT2D eigenvalue weighted by molar-refractivity contribution is 6.10. The number of nitrogens with one attached hydrogen (secondary N) is 2. The van der Waals surface area contributed by atoms with Gasteiger partial charge in [0.1, 0.15) is 0 Å². The zero-order chi connectivity index (χ0) is 21.3. The van der Waals surface area contributed by atoms with Crippen LogP contribution in [0.25, 0.3) is 22.8 Å². The van der Waals surface area contributed by atoms with Crippen molar-refractivity contribution in [2.24, 2.45) is 5.92 Å². The maximum absolute atomic E-state index is 12.5. The predicted octanol–water partition coefficient (Wildman–Crippen LogP) is 5.48. The number of anilines is 1. The number of aromatic nitrogens is 2. The summed E-state index contributed by atoms with van der Waals surface area (Å²) in [5, 5.41) is 10.6. The van der Waals surface area contributed by atoms with E-state index in [1.54, 1.807) is 30.9 Å². The van der Waals surface area contributed by atoms with E-state index >= 15 is 0 Å². The van der Waals surface area contributed by atoms with E-state index in [2.05, 4.69) is 29.1 Å². The number of nitrogens with zero attached hydrogens (tertiary/aromatic N) is 2. The van der Waals surface area contributed by atoms with Gasteiger partial charge in [-0.3, -0.25) is 14.8 Å². The topological polar surface area (TPSA) is 78.7 Å². The number of carbonyl (C=O) groups excluding carboxylic acids is 1. The fourth-order valence-electron chi connectivity index (χ4n) is 3.04. The lowest BCUT2D eigenvalue weighted by Gasteiger charge is -2.08. The molecule has 0 aliphatic rings. The SMILES string of the molecule is CC(C)/C=C(\C=N)c1ccncc1/C=C/C(=O)Nc1cccc(-c2cccnc2)c1. The standard InChI is InChI=1S/C25H24N4O/c1-18(2)13-22(15-26)24-10-12-28-17-21(24)8-9-25(30)29-23-7-3-5-19(14-23)20-6-4-11-27-16-20/h3-18,26H,1-2H3,(H,29,30)/b9-8+,22-13+,26-15?. The predicted molar refractivity (Wildman–Crippen MR) is 123 cm³/mol. The van der Waals surface area contributed by atoms with E-state index < -0.39 is 0 Å². The third-order valence-electron chi connectivity index (χ3n) is 4.37. The highest BCUT2D eigenvalue weighted by Crippen LogP contribution is 2.22. The summed E-state index contributed by atoms with van der Waals surface area (Å²) in [5.41, 5.74) is 5.13. The highest BCUT2D eigenvalue weighted by Gasteiger charge is 2.06. The molecule has 0 radical (unpaired) electrons. The molecule has 0 saturated heterocycles. The minimum absolute atomic E-state index is 0.239. The average molecular weight is 396 g/mol. The van der Waals surface area contributed by atoms with E-state index in [1.165, 1.54) is 12.3 Å². The number of amides is 1. The van der Waals surface area contributed by atoms with Crippen LogP contribution in [0.15, 0.2) is 79.4 Å². The summed E-state index contributed by atoms with van der Waals surface area (Å²) in [4.78, 5) is 20.8. The van der Waals surface area contributed by atoms with Crippen LogP contribution >= 0.6 is 0 Å². The van der Waals surface area contributed by atoms with Crippen molar-refractivity contribution in [1.29, 1.82) is 5.41 Å². The van der Waals surface area contributed by atoms with E-state index in [9.17, 15) is 4.79 Å². The summed E-state index contributed by atoms with van der Waals surface area (Å²) in [7, 11) is 0. The van der Waals surface area contributed by atoms with Crippen LogP contribution in [0, 0.1) is 11.3 Å². The molecule has 3 rings (SSSR count). The van der Waals surface area contributed by atoms with Gasteiger partial charge in [0.15, 0.2) is 0 Å². The lowest BCUT2D eigenvalue weighted by Crippen LogP contribution is -2.07. The summed E-state index contributed by atoms with van der Waals surface area (Å²) >= 11 is 0. The molecule has 0 unspecified atom stereocenters. The van der Waals surface area contributed by atoms with Gasteiger partial charge in [0.2, 0.25) is 5.91 Å².